The second-order valence-corrected chi connectivity index (χ2v) is 5.60. The second kappa shape index (κ2) is 7.86. The fourth-order valence-corrected chi connectivity index (χ4v) is 2.80. The summed E-state index contributed by atoms with van der Waals surface area (Å²) in [5.74, 6) is -0.375. The third kappa shape index (κ3) is 6.82. The van der Waals surface area contributed by atoms with Gasteiger partial charge in [-0.15, -0.1) is 0 Å². The Morgan fingerprint density at radius 3 is 1.59 bits per heavy atom. The van der Waals surface area contributed by atoms with E-state index in [1.807, 2.05) is 0 Å². The number of hydrogen-bond donors (Lipinski definition) is 1. The van der Waals surface area contributed by atoms with Gasteiger partial charge in [0.05, 0.1) is 11.4 Å². The summed E-state index contributed by atoms with van der Waals surface area (Å²) in [4.78, 5) is 0. The van der Waals surface area contributed by atoms with Gasteiger partial charge in [-0.25, -0.2) is 4.39 Å². The molecule has 0 aromatic rings. The summed E-state index contributed by atoms with van der Waals surface area (Å²) >= 11 is 0. The van der Waals surface area contributed by atoms with Gasteiger partial charge in [0.1, 0.15) is 0 Å². The average Bonchev–Trinajstić information content (AvgIpc) is 2.22. The molecule has 1 aliphatic carbocycles. The van der Waals surface area contributed by atoms with Crippen LogP contribution in [0.4, 0.5) is 4.39 Å². The van der Waals surface area contributed by atoms with Crippen LogP contribution in [-0.2, 0) is 0 Å². The van der Waals surface area contributed by atoms with E-state index in [9.17, 15) is 9.50 Å². The third-order valence-electron chi connectivity index (χ3n) is 3.81. The molecule has 0 aromatic heterocycles. The van der Waals surface area contributed by atoms with Crippen LogP contribution in [0.5, 0.6) is 0 Å². The first kappa shape index (κ1) is 14.7. The zero-order valence-electron chi connectivity index (χ0n) is 11.0. The molecule has 1 N–H and O–H groups in total. The van der Waals surface area contributed by atoms with Crippen LogP contribution >= 0.6 is 0 Å². The zero-order valence-corrected chi connectivity index (χ0v) is 11.0. The van der Waals surface area contributed by atoms with Gasteiger partial charge in [-0.2, -0.15) is 0 Å². The minimum atomic E-state index is -0.828. The molecule has 1 saturated carbocycles. The minimum absolute atomic E-state index is 0.132. The van der Waals surface area contributed by atoms with Crippen molar-refractivity contribution < 1.29 is 9.50 Å². The van der Waals surface area contributed by atoms with E-state index in [2.05, 4.69) is 6.58 Å². The quantitative estimate of drug-likeness (QED) is 0.730. The lowest BCUT2D eigenvalue weighted by atomic mass is 9.86. The molecule has 1 nitrogen and oxygen atoms in total. The molecule has 0 unspecified atom stereocenters. The molecule has 0 atom stereocenters. The molecule has 1 rings (SSSR count). The monoisotopic (exact) mass is 242 g/mol. The maximum Gasteiger partial charge on any atom is 0.0956 e. The fraction of sp³-hybridized carbons (Fsp3) is 0.867. The van der Waals surface area contributed by atoms with Crippen LogP contribution in [0.25, 0.3) is 0 Å². The maximum atomic E-state index is 12.9. The van der Waals surface area contributed by atoms with Crippen molar-refractivity contribution in [3.05, 3.63) is 12.4 Å². The lowest BCUT2D eigenvalue weighted by Gasteiger charge is -2.28. The average molecular weight is 242 g/mol. The Morgan fingerprint density at radius 2 is 1.24 bits per heavy atom. The molecule has 17 heavy (non-hydrogen) atoms. The number of aliphatic hydroxyl groups is 1. The van der Waals surface area contributed by atoms with Crippen molar-refractivity contribution in [2.24, 2.45) is 0 Å². The van der Waals surface area contributed by atoms with E-state index in [0.29, 0.717) is 0 Å². The van der Waals surface area contributed by atoms with Gasteiger partial charge in [0.25, 0.3) is 0 Å². The van der Waals surface area contributed by atoms with Crippen molar-refractivity contribution in [1.29, 1.82) is 0 Å². The molecule has 0 bridgehead atoms. The van der Waals surface area contributed by atoms with Gasteiger partial charge in [-0.1, -0.05) is 64.4 Å². The van der Waals surface area contributed by atoms with Crippen molar-refractivity contribution >= 4 is 0 Å². The summed E-state index contributed by atoms with van der Waals surface area (Å²) in [7, 11) is 0. The van der Waals surface area contributed by atoms with Crippen LogP contribution in [0.3, 0.4) is 0 Å². The molecular weight excluding hydrogens is 215 g/mol. The molecule has 0 radical (unpaired) electrons. The molecule has 0 saturated heterocycles. The topological polar surface area (TPSA) is 20.2 Å². The first-order chi connectivity index (χ1) is 8.12. The molecule has 1 fully saturated rings. The Hall–Kier alpha value is -0.370. The normalized spacial score (nSPS) is 23.4. The van der Waals surface area contributed by atoms with E-state index in [1.165, 1.54) is 44.9 Å². The van der Waals surface area contributed by atoms with Gasteiger partial charge >= 0.3 is 0 Å². The molecule has 0 aliphatic heterocycles. The van der Waals surface area contributed by atoms with Gasteiger partial charge in [-0.3, -0.25) is 0 Å². The van der Waals surface area contributed by atoms with Crippen LogP contribution in [-0.4, -0.2) is 10.7 Å². The summed E-state index contributed by atoms with van der Waals surface area (Å²) in [6.07, 6.45) is 12.5. The Labute approximate surface area is 105 Å². The Bertz CT molecular complexity index is 213. The highest BCUT2D eigenvalue weighted by Crippen LogP contribution is 2.30. The van der Waals surface area contributed by atoms with Crippen molar-refractivity contribution in [1.82, 2.24) is 0 Å². The SMILES string of the molecule is C=C(F)CC1(O)CCCCCCCCCCC1. The second-order valence-electron chi connectivity index (χ2n) is 5.60. The molecule has 0 heterocycles. The highest BCUT2D eigenvalue weighted by molar-refractivity contribution is 4.92. The summed E-state index contributed by atoms with van der Waals surface area (Å²) < 4.78 is 12.9. The van der Waals surface area contributed by atoms with E-state index < -0.39 is 5.60 Å². The van der Waals surface area contributed by atoms with Crippen LogP contribution in [0.15, 0.2) is 12.4 Å². The van der Waals surface area contributed by atoms with Crippen molar-refractivity contribution in [2.45, 2.75) is 82.7 Å². The van der Waals surface area contributed by atoms with Gasteiger partial charge in [0, 0.05) is 6.42 Å². The maximum absolute atomic E-state index is 12.9. The van der Waals surface area contributed by atoms with Crippen molar-refractivity contribution in [2.75, 3.05) is 0 Å². The lowest BCUT2D eigenvalue weighted by Crippen LogP contribution is -2.28. The predicted molar refractivity (Wildman–Crippen MR) is 70.6 cm³/mol. The highest BCUT2D eigenvalue weighted by Gasteiger charge is 2.27. The molecule has 2 heteroatoms. The molecule has 100 valence electrons. The number of hydrogen-bond acceptors (Lipinski definition) is 1. The van der Waals surface area contributed by atoms with E-state index in [0.717, 1.165) is 25.7 Å². The van der Waals surface area contributed by atoms with Crippen LogP contribution in [0.1, 0.15) is 77.0 Å². The third-order valence-corrected chi connectivity index (χ3v) is 3.81. The first-order valence-corrected chi connectivity index (χ1v) is 7.18. The molecule has 0 amide bonds. The van der Waals surface area contributed by atoms with Crippen LogP contribution in [0, 0.1) is 0 Å². The van der Waals surface area contributed by atoms with Crippen molar-refractivity contribution in [3.8, 4) is 0 Å². The largest absolute Gasteiger partial charge is 0.389 e. The van der Waals surface area contributed by atoms with Crippen LogP contribution < -0.4 is 0 Å². The Morgan fingerprint density at radius 1 is 0.882 bits per heavy atom. The summed E-state index contributed by atoms with van der Waals surface area (Å²) in [5, 5.41) is 10.4. The Kier molecular flexibility index (Phi) is 6.79. The zero-order chi connectivity index (χ0) is 12.6. The lowest BCUT2D eigenvalue weighted by molar-refractivity contribution is 0.0134. The smallest absolute Gasteiger partial charge is 0.0956 e. The summed E-state index contributed by atoms with van der Waals surface area (Å²) in [5.41, 5.74) is -0.828. The number of rotatable bonds is 2. The van der Waals surface area contributed by atoms with E-state index in [1.54, 1.807) is 0 Å². The first-order valence-electron chi connectivity index (χ1n) is 7.18. The molecular formula is C15H27FO. The molecule has 0 aromatic carbocycles. The van der Waals surface area contributed by atoms with Gasteiger partial charge in [0.2, 0.25) is 0 Å². The minimum Gasteiger partial charge on any atom is -0.389 e. The summed E-state index contributed by atoms with van der Waals surface area (Å²) in [6.45, 7) is 3.30. The Balaban J connectivity index is 2.44. The highest BCUT2D eigenvalue weighted by atomic mass is 19.1. The predicted octanol–water partition coefficient (Wildman–Crippen LogP) is 4.90. The fourth-order valence-electron chi connectivity index (χ4n) is 2.80. The summed E-state index contributed by atoms with van der Waals surface area (Å²) in [6, 6.07) is 0. The van der Waals surface area contributed by atoms with E-state index in [-0.39, 0.29) is 12.2 Å². The standard InChI is InChI=1S/C15H27FO/c1-14(16)13-15(17)11-9-7-5-3-2-4-6-8-10-12-15/h17H,1-13H2. The number of halogens is 1. The van der Waals surface area contributed by atoms with Gasteiger partial charge in [-0.05, 0) is 12.8 Å². The van der Waals surface area contributed by atoms with Crippen molar-refractivity contribution in [3.63, 3.8) is 0 Å². The van der Waals surface area contributed by atoms with E-state index in [4.69, 9.17) is 0 Å². The van der Waals surface area contributed by atoms with E-state index >= 15 is 0 Å². The van der Waals surface area contributed by atoms with Crippen LogP contribution in [0.2, 0.25) is 0 Å². The van der Waals surface area contributed by atoms with Gasteiger partial charge < -0.3 is 5.11 Å². The molecule has 1 aliphatic rings. The molecule has 0 spiro atoms. The van der Waals surface area contributed by atoms with Gasteiger partial charge in [0.15, 0.2) is 0 Å².